The van der Waals surface area contributed by atoms with Gasteiger partial charge in [-0.25, -0.2) is 4.98 Å². The predicted octanol–water partition coefficient (Wildman–Crippen LogP) is 2.98. The van der Waals surface area contributed by atoms with Crippen molar-refractivity contribution in [3.05, 3.63) is 33.5 Å². The van der Waals surface area contributed by atoms with E-state index in [0.717, 1.165) is 48.4 Å². The molecule has 8 heteroatoms. The Morgan fingerprint density at radius 1 is 1.38 bits per heavy atom. The standard InChI is InChI=1S/C16H26N6S.HI/c1-12-9-13(2)22(20-12)8-6-7-18-16(17-4)21(5)10-15-11-23-14(3)19-15;/h9,11H,6-8,10H2,1-5H3,(H,17,18);1H. The number of aryl methyl sites for hydroxylation is 4. The number of nitrogens with one attached hydrogen (secondary N) is 1. The summed E-state index contributed by atoms with van der Waals surface area (Å²) in [5.41, 5.74) is 3.37. The summed E-state index contributed by atoms with van der Waals surface area (Å²) in [7, 11) is 3.84. The number of aliphatic imine (C=N–C) groups is 1. The summed E-state index contributed by atoms with van der Waals surface area (Å²) < 4.78 is 2.06. The molecule has 0 aliphatic heterocycles. The molecule has 1 N–H and O–H groups in total. The van der Waals surface area contributed by atoms with Crippen molar-refractivity contribution in [3.63, 3.8) is 0 Å². The van der Waals surface area contributed by atoms with Crippen LogP contribution in [0.15, 0.2) is 16.4 Å². The van der Waals surface area contributed by atoms with Crippen LogP contribution in [0.3, 0.4) is 0 Å². The fourth-order valence-corrected chi connectivity index (χ4v) is 3.12. The van der Waals surface area contributed by atoms with Gasteiger partial charge < -0.3 is 10.2 Å². The summed E-state index contributed by atoms with van der Waals surface area (Å²) in [4.78, 5) is 10.9. The summed E-state index contributed by atoms with van der Waals surface area (Å²) in [5, 5.41) is 11.1. The SMILES string of the molecule is CN=C(NCCCn1nc(C)cc1C)N(C)Cc1csc(C)n1.I. The van der Waals surface area contributed by atoms with Crippen molar-refractivity contribution < 1.29 is 0 Å². The number of guanidine groups is 1. The molecule has 0 saturated carbocycles. The predicted molar refractivity (Wildman–Crippen MR) is 111 cm³/mol. The molecule has 2 heterocycles. The Kier molecular flexibility index (Phi) is 8.68. The molecule has 2 rings (SSSR count). The van der Waals surface area contributed by atoms with E-state index in [1.165, 1.54) is 5.69 Å². The lowest BCUT2D eigenvalue weighted by Gasteiger charge is -2.21. The van der Waals surface area contributed by atoms with Crippen LogP contribution >= 0.6 is 35.3 Å². The summed E-state index contributed by atoms with van der Waals surface area (Å²) in [6.45, 7) is 8.69. The van der Waals surface area contributed by atoms with E-state index in [4.69, 9.17) is 0 Å². The molecule has 0 fully saturated rings. The number of hydrogen-bond donors (Lipinski definition) is 1. The monoisotopic (exact) mass is 462 g/mol. The number of aromatic nitrogens is 3. The Morgan fingerprint density at radius 3 is 2.67 bits per heavy atom. The minimum absolute atomic E-state index is 0. The van der Waals surface area contributed by atoms with E-state index in [-0.39, 0.29) is 24.0 Å². The maximum Gasteiger partial charge on any atom is 0.193 e. The first-order chi connectivity index (χ1) is 11.0. The van der Waals surface area contributed by atoms with Gasteiger partial charge in [0.1, 0.15) is 0 Å². The molecule has 2 aromatic rings. The highest BCUT2D eigenvalue weighted by atomic mass is 127. The lowest BCUT2D eigenvalue weighted by molar-refractivity contribution is 0.465. The zero-order valence-corrected chi connectivity index (χ0v) is 18.2. The van der Waals surface area contributed by atoms with E-state index in [0.29, 0.717) is 0 Å². The highest BCUT2D eigenvalue weighted by molar-refractivity contribution is 14.0. The van der Waals surface area contributed by atoms with E-state index in [2.05, 4.69) is 48.3 Å². The number of nitrogens with zero attached hydrogens (tertiary/aromatic N) is 5. The van der Waals surface area contributed by atoms with Crippen LogP contribution in [0.25, 0.3) is 0 Å². The van der Waals surface area contributed by atoms with Crippen molar-refractivity contribution in [3.8, 4) is 0 Å². The third kappa shape index (κ3) is 6.04. The van der Waals surface area contributed by atoms with Crippen LogP contribution in [0.1, 0.15) is 28.5 Å². The van der Waals surface area contributed by atoms with Gasteiger partial charge in [-0.2, -0.15) is 5.10 Å². The van der Waals surface area contributed by atoms with Gasteiger partial charge in [0.25, 0.3) is 0 Å². The Balaban J connectivity index is 0.00000288. The maximum absolute atomic E-state index is 4.50. The van der Waals surface area contributed by atoms with E-state index >= 15 is 0 Å². The van der Waals surface area contributed by atoms with Gasteiger partial charge in [0.05, 0.1) is 22.9 Å². The second kappa shape index (κ2) is 9.97. The fourth-order valence-electron chi connectivity index (χ4n) is 2.51. The first kappa shape index (κ1) is 20.9. The molecule has 6 nitrogen and oxygen atoms in total. The van der Waals surface area contributed by atoms with E-state index in [1.54, 1.807) is 11.3 Å². The van der Waals surface area contributed by atoms with E-state index < -0.39 is 0 Å². The molecule has 0 saturated heterocycles. The van der Waals surface area contributed by atoms with Gasteiger partial charge in [0.2, 0.25) is 0 Å². The first-order valence-corrected chi connectivity index (χ1v) is 8.71. The zero-order chi connectivity index (χ0) is 16.8. The Hall–Kier alpha value is -1.16. The number of hydrogen-bond acceptors (Lipinski definition) is 4. The third-order valence-corrected chi connectivity index (χ3v) is 4.39. The molecular formula is C16H27IN6S. The van der Waals surface area contributed by atoms with Gasteiger partial charge >= 0.3 is 0 Å². The summed E-state index contributed by atoms with van der Waals surface area (Å²) in [5.74, 6) is 0.893. The van der Waals surface area contributed by atoms with Crippen LogP contribution in [0.2, 0.25) is 0 Å². The number of rotatable bonds is 6. The topological polar surface area (TPSA) is 58.3 Å². The summed E-state index contributed by atoms with van der Waals surface area (Å²) in [6, 6.07) is 2.11. The second-order valence-electron chi connectivity index (χ2n) is 5.69. The molecule has 2 aromatic heterocycles. The molecule has 0 amide bonds. The van der Waals surface area contributed by atoms with E-state index in [1.807, 2.05) is 27.9 Å². The quantitative estimate of drug-likeness (QED) is 0.311. The lowest BCUT2D eigenvalue weighted by atomic mass is 10.4. The smallest absolute Gasteiger partial charge is 0.193 e. The summed E-state index contributed by atoms with van der Waals surface area (Å²) in [6.07, 6.45) is 1.00. The number of thiazole rings is 1. The molecule has 0 aromatic carbocycles. The second-order valence-corrected chi connectivity index (χ2v) is 6.75. The zero-order valence-electron chi connectivity index (χ0n) is 15.0. The van der Waals surface area contributed by atoms with Crippen LogP contribution in [-0.4, -0.2) is 46.3 Å². The van der Waals surface area contributed by atoms with Crippen molar-refractivity contribution in [2.45, 2.75) is 40.3 Å². The molecule has 24 heavy (non-hydrogen) atoms. The summed E-state index contributed by atoms with van der Waals surface area (Å²) >= 11 is 1.68. The Morgan fingerprint density at radius 2 is 2.12 bits per heavy atom. The molecule has 0 aliphatic carbocycles. The number of halogens is 1. The van der Waals surface area contributed by atoms with Crippen LogP contribution in [0, 0.1) is 20.8 Å². The Bertz CT molecular complexity index is 663. The van der Waals surface area contributed by atoms with Gasteiger partial charge in [-0.15, -0.1) is 35.3 Å². The van der Waals surface area contributed by atoms with Crippen LogP contribution < -0.4 is 5.32 Å². The van der Waals surface area contributed by atoms with Crippen LogP contribution in [0.4, 0.5) is 0 Å². The first-order valence-electron chi connectivity index (χ1n) is 7.83. The molecule has 0 unspecified atom stereocenters. The molecule has 0 atom stereocenters. The van der Waals surface area contributed by atoms with Gasteiger partial charge in [0, 0.05) is 38.3 Å². The van der Waals surface area contributed by atoms with Crippen molar-refractivity contribution in [2.24, 2.45) is 4.99 Å². The minimum Gasteiger partial charge on any atom is -0.356 e. The average Bonchev–Trinajstić information content (AvgIpc) is 3.04. The van der Waals surface area contributed by atoms with Gasteiger partial charge in [-0.3, -0.25) is 9.67 Å². The molecule has 0 bridgehead atoms. The normalized spacial score (nSPS) is 11.3. The largest absolute Gasteiger partial charge is 0.356 e. The molecule has 0 aliphatic rings. The van der Waals surface area contributed by atoms with E-state index in [9.17, 15) is 0 Å². The van der Waals surface area contributed by atoms with Crippen LogP contribution in [0.5, 0.6) is 0 Å². The maximum atomic E-state index is 4.50. The molecule has 0 radical (unpaired) electrons. The minimum atomic E-state index is 0. The lowest BCUT2D eigenvalue weighted by Crippen LogP contribution is -2.39. The van der Waals surface area contributed by atoms with Crippen LogP contribution in [-0.2, 0) is 13.1 Å². The highest BCUT2D eigenvalue weighted by Gasteiger charge is 2.08. The van der Waals surface area contributed by atoms with Crippen molar-refractivity contribution >= 4 is 41.3 Å². The van der Waals surface area contributed by atoms with Crippen molar-refractivity contribution in [1.29, 1.82) is 0 Å². The van der Waals surface area contributed by atoms with Gasteiger partial charge in [-0.05, 0) is 33.3 Å². The molecule has 0 spiro atoms. The fraction of sp³-hybridized carbons (Fsp3) is 0.562. The van der Waals surface area contributed by atoms with Crippen molar-refractivity contribution in [1.82, 2.24) is 25.0 Å². The van der Waals surface area contributed by atoms with Gasteiger partial charge in [-0.1, -0.05) is 0 Å². The third-order valence-electron chi connectivity index (χ3n) is 3.57. The average molecular weight is 462 g/mol. The highest BCUT2D eigenvalue weighted by Crippen LogP contribution is 2.09. The van der Waals surface area contributed by atoms with Crippen molar-refractivity contribution in [2.75, 3.05) is 20.6 Å². The Labute approximate surface area is 165 Å². The van der Waals surface area contributed by atoms with Gasteiger partial charge in [0.15, 0.2) is 5.96 Å². The molecular weight excluding hydrogens is 435 g/mol. The molecule has 134 valence electrons.